The molecule has 1 aromatic carbocycles. The molecule has 3 saturated heterocycles. The van der Waals surface area contributed by atoms with Crippen molar-refractivity contribution in [3.05, 3.63) is 40.7 Å². The number of benzene rings is 1. The number of piperazine rings is 1. The van der Waals surface area contributed by atoms with Gasteiger partial charge in [-0.3, -0.25) is 14.6 Å². The molecule has 0 aromatic heterocycles. The Hall–Kier alpha value is -1.81. The number of nitrogens with zero attached hydrogens (tertiary/aromatic N) is 4. The second kappa shape index (κ2) is 9.55. The van der Waals surface area contributed by atoms with Crippen LogP contribution in [0.15, 0.2) is 24.3 Å². The lowest BCUT2D eigenvalue weighted by Gasteiger charge is -2.36. The van der Waals surface area contributed by atoms with Gasteiger partial charge in [-0.1, -0.05) is 11.6 Å². The van der Waals surface area contributed by atoms with Crippen molar-refractivity contribution >= 4 is 23.3 Å². The van der Waals surface area contributed by atoms with Crippen molar-refractivity contribution in [2.24, 2.45) is 5.41 Å². The lowest BCUT2D eigenvalue weighted by atomic mass is 9.75. The lowest BCUT2D eigenvalue weighted by molar-refractivity contribution is -0.151. The maximum absolute atomic E-state index is 12.6. The molecule has 1 unspecified atom stereocenters. The fourth-order valence-corrected chi connectivity index (χ4v) is 5.14. The number of likely N-dealkylation sites (tertiary alicyclic amines) is 1. The van der Waals surface area contributed by atoms with Crippen molar-refractivity contribution in [2.45, 2.75) is 31.8 Å². The van der Waals surface area contributed by atoms with Crippen molar-refractivity contribution in [3.63, 3.8) is 0 Å². The zero-order valence-corrected chi connectivity index (χ0v) is 18.3. The summed E-state index contributed by atoms with van der Waals surface area (Å²) in [5.41, 5.74) is 0.959. The van der Waals surface area contributed by atoms with Gasteiger partial charge in [0.05, 0.1) is 12.0 Å². The summed E-state index contributed by atoms with van der Waals surface area (Å²) in [5, 5.41) is 0.773. The second-order valence-electron chi connectivity index (χ2n) is 8.83. The first-order valence-corrected chi connectivity index (χ1v) is 11.5. The number of ether oxygens (including phenoxy) is 1. The number of anilines is 1. The number of esters is 1. The molecule has 0 saturated carbocycles. The topological polar surface area (TPSA) is 40.4 Å². The van der Waals surface area contributed by atoms with Crippen LogP contribution >= 0.6 is 11.6 Å². The van der Waals surface area contributed by atoms with Crippen LogP contribution in [0.2, 0.25) is 5.02 Å². The van der Waals surface area contributed by atoms with Crippen LogP contribution in [0.5, 0.6) is 0 Å². The standard InChI is InChI=1S/C23H31ClN4O2/c1-25-9-13-27-11-7-23(8-12-27)18-21(30-22(23)29)6-10-26-14-16-28(17-15-26)20-4-2-19(24)3-5-20/h2-5,21H,6-18H2. The van der Waals surface area contributed by atoms with E-state index in [1.165, 1.54) is 5.69 Å². The maximum Gasteiger partial charge on any atom is 0.312 e. The lowest BCUT2D eigenvalue weighted by Crippen LogP contribution is -2.47. The molecule has 3 aliphatic heterocycles. The van der Waals surface area contributed by atoms with Crippen molar-refractivity contribution in [1.29, 1.82) is 0 Å². The zero-order valence-electron chi connectivity index (χ0n) is 17.6. The smallest absolute Gasteiger partial charge is 0.312 e. The van der Waals surface area contributed by atoms with Crippen LogP contribution in [-0.2, 0) is 9.53 Å². The zero-order chi connectivity index (χ0) is 21.0. The van der Waals surface area contributed by atoms with E-state index in [1.807, 2.05) is 12.1 Å². The quantitative estimate of drug-likeness (QED) is 0.512. The summed E-state index contributed by atoms with van der Waals surface area (Å²) in [5.74, 6) is 0.0184. The number of hydrogen-bond donors (Lipinski definition) is 0. The molecule has 1 atom stereocenters. The number of hydrogen-bond acceptors (Lipinski definition) is 5. The van der Waals surface area contributed by atoms with Gasteiger partial charge in [-0.2, -0.15) is 0 Å². The summed E-state index contributed by atoms with van der Waals surface area (Å²) < 4.78 is 5.81. The number of piperidine rings is 1. The summed E-state index contributed by atoms with van der Waals surface area (Å²) in [6.45, 7) is 15.2. The molecule has 4 rings (SSSR count). The van der Waals surface area contributed by atoms with Crippen molar-refractivity contribution in [1.82, 2.24) is 9.80 Å². The number of cyclic esters (lactones) is 1. The highest BCUT2D eigenvalue weighted by atomic mass is 35.5. The third-order valence-corrected chi connectivity index (χ3v) is 7.25. The summed E-state index contributed by atoms with van der Waals surface area (Å²) in [6, 6.07) is 8.07. The monoisotopic (exact) mass is 430 g/mol. The molecule has 6 nitrogen and oxygen atoms in total. The van der Waals surface area contributed by atoms with E-state index >= 15 is 0 Å². The van der Waals surface area contributed by atoms with Crippen molar-refractivity contribution in [2.75, 3.05) is 63.8 Å². The van der Waals surface area contributed by atoms with Gasteiger partial charge in [0.15, 0.2) is 0 Å². The van der Waals surface area contributed by atoms with Gasteiger partial charge < -0.3 is 14.5 Å². The molecule has 0 amide bonds. The third kappa shape index (κ3) is 4.91. The van der Waals surface area contributed by atoms with Gasteiger partial charge in [0.2, 0.25) is 6.54 Å². The van der Waals surface area contributed by atoms with Gasteiger partial charge in [0.25, 0.3) is 0 Å². The average molecular weight is 431 g/mol. The largest absolute Gasteiger partial charge is 0.462 e. The minimum absolute atomic E-state index is 0.0184. The van der Waals surface area contributed by atoms with E-state index in [1.54, 1.807) is 0 Å². The van der Waals surface area contributed by atoms with Gasteiger partial charge in [-0.05, 0) is 56.6 Å². The number of carbonyl (C=O) groups is 1. The molecule has 0 radical (unpaired) electrons. The molecular weight excluding hydrogens is 400 g/mol. The molecule has 7 heteroatoms. The second-order valence-corrected chi connectivity index (χ2v) is 9.27. The minimum Gasteiger partial charge on any atom is -0.462 e. The van der Waals surface area contributed by atoms with Crippen LogP contribution in [0, 0.1) is 12.0 Å². The van der Waals surface area contributed by atoms with Crippen molar-refractivity contribution < 1.29 is 9.53 Å². The first kappa shape index (κ1) is 21.4. The highest BCUT2D eigenvalue weighted by Gasteiger charge is 2.50. The molecule has 0 aliphatic carbocycles. The van der Waals surface area contributed by atoms with E-state index in [-0.39, 0.29) is 17.5 Å². The predicted octanol–water partition coefficient (Wildman–Crippen LogP) is 3.17. The van der Waals surface area contributed by atoms with Crippen LogP contribution in [0.3, 0.4) is 0 Å². The van der Waals surface area contributed by atoms with Gasteiger partial charge in [0, 0.05) is 49.9 Å². The third-order valence-electron chi connectivity index (χ3n) is 7.00. The Morgan fingerprint density at radius 1 is 1.03 bits per heavy atom. The summed E-state index contributed by atoms with van der Waals surface area (Å²) in [6.07, 6.45) is 3.60. The van der Waals surface area contributed by atoms with Crippen LogP contribution in [0.1, 0.15) is 25.7 Å². The fourth-order valence-electron chi connectivity index (χ4n) is 5.01. The highest BCUT2D eigenvalue weighted by molar-refractivity contribution is 6.30. The number of halogens is 1. The van der Waals surface area contributed by atoms with Gasteiger partial charge >= 0.3 is 5.97 Å². The van der Waals surface area contributed by atoms with Gasteiger partial charge in [-0.15, -0.1) is 0 Å². The van der Waals surface area contributed by atoms with Gasteiger partial charge in [0.1, 0.15) is 6.10 Å². The minimum atomic E-state index is -0.271. The first-order chi connectivity index (χ1) is 14.6. The van der Waals surface area contributed by atoms with Crippen LogP contribution in [0.25, 0.3) is 4.85 Å². The van der Waals surface area contributed by atoms with Crippen molar-refractivity contribution in [3.8, 4) is 0 Å². The maximum atomic E-state index is 12.6. The molecule has 1 spiro atoms. The molecule has 1 aromatic rings. The SMILES string of the molecule is [C-]#[N+]CCN1CCC2(CC1)CC(CCN1CCN(c3ccc(Cl)cc3)CC1)OC2=O. The molecule has 162 valence electrons. The Bertz CT molecular complexity index is 762. The van der Waals surface area contributed by atoms with Crippen LogP contribution in [-0.4, -0.2) is 80.8 Å². The number of rotatable bonds is 6. The Morgan fingerprint density at radius 3 is 2.37 bits per heavy atom. The van der Waals surface area contributed by atoms with Gasteiger partial charge in [-0.25, -0.2) is 6.57 Å². The molecule has 3 fully saturated rings. The Morgan fingerprint density at radius 2 is 1.70 bits per heavy atom. The van der Waals surface area contributed by atoms with Crippen LogP contribution in [0.4, 0.5) is 5.69 Å². The molecule has 3 aliphatic rings. The molecule has 30 heavy (non-hydrogen) atoms. The first-order valence-electron chi connectivity index (χ1n) is 11.1. The fraction of sp³-hybridized carbons (Fsp3) is 0.652. The molecule has 3 heterocycles. The van der Waals surface area contributed by atoms with E-state index < -0.39 is 0 Å². The van der Waals surface area contributed by atoms with Crippen LogP contribution < -0.4 is 4.90 Å². The summed E-state index contributed by atoms with van der Waals surface area (Å²) in [7, 11) is 0. The summed E-state index contributed by atoms with van der Waals surface area (Å²) >= 11 is 5.99. The Labute approximate surface area is 184 Å². The normalized spacial score (nSPS) is 24.7. The molecular formula is C23H31ClN4O2. The molecule has 0 N–H and O–H groups in total. The number of carbonyl (C=O) groups excluding carboxylic acids is 1. The summed E-state index contributed by atoms with van der Waals surface area (Å²) in [4.78, 5) is 23.3. The van der Waals surface area contributed by atoms with E-state index in [9.17, 15) is 4.79 Å². The highest BCUT2D eigenvalue weighted by Crippen LogP contribution is 2.43. The Balaban J connectivity index is 1.20. The molecule has 0 bridgehead atoms. The Kier molecular flexibility index (Phi) is 6.82. The van der Waals surface area contributed by atoms with E-state index in [0.29, 0.717) is 6.54 Å². The average Bonchev–Trinajstić information content (AvgIpc) is 3.08. The predicted molar refractivity (Wildman–Crippen MR) is 119 cm³/mol. The van der Waals surface area contributed by atoms with E-state index in [2.05, 4.69) is 31.7 Å². The van der Waals surface area contributed by atoms with E-state index in [4.69, 9.17) is 22.9 Å². The van der Waals surface area contributed by atoms with E-state index in [0.717, 1.165) is 83.1 Å².